The molecule has 0 amide bonds. The second kappa shape index (κ2) is 5.80. The van der Waals surface area contributed by atoms with Gasteiger partial charge >= 0.3 is 5.97 Å². The second-order valence-corrected chi connectivity index (χ2v) is 6.97. The van der Waals surface area contributed by atoms with Crippen molar-refractivity contribution < 1.29 is 27.8 Å². The number of ether oxygens (including phenoxy) is 2. The number of sulfone groups is 1. The van der Waals surface area contributed by atoms with Crippen molar-refractivity contribution in [3.8, 4) is 11.5 Å². The molecular weight excluding hydrogens is 298 g/mol. The van der Waals surface area contributed by atoms with Crippen LogP contribution in [-0.4, -0.2) is 58.3 Å². The van der Waals surface area contributed by atoms with Crippen LogP contribution in [0.3, 0.4) is 0 Å². The summed E-state index contributed by atoms with van der Waals surface area (Å²) in [5.74, 6) is -0.338. The third-order valence-electron chi connectivity index (χ3n) is 3.42. The Morgan fingerprint density at radius 3 is 2.14 bits per heavy atom. The molecule has 116 valence electrons. The van der Waals surface area contributed by atoms with E-state index in [1.165, 1.54) is 20.3 Å². The van der Waals surface area contributed by atoms with Gasteiger partial charge < -0.3 is 19.5 Å². The average Bonchev–Trinajstić information content (AvgIpc) is 2.45. The average molecular weight is 315 g/mol. The van der Waals surface area contributed by atoms with E-state index in [2.05, 4.69) is 0 Å². The molecule has 1 aliphatic heterocycles. The zero-order valence-electron chi connectivity index (χ0n) is 11.8. The number of anilines is 1. The quantitative estimate of drug-likeness (QED) is 0.871. The van der Waals surface area contributed by atoms with Crippen LogP contribution in [0.1, 0.15) is 10.4 Å². The smallest absolute Gasteiger partial charge is 0.337 e. The number of methoxy groups -OCH3 is 2. The van der Waals surface area contributed by atoms with Crippen molar-refractivity contribution >= 4 is 21.5 Å². The van der Waals surface area contributed by atoms with E-state index in [1.54, 1.807) is 11.0 Å². The van der Waals surface area contributed by atoms with Crippen LogP contribution in [0.25, 0.3) is 0 Å². The predicted octanol–water partition coefficient (Wildman–Crippen LogP) is 0.637. The van der Waals surface area contributed by atoms with Crippen molar-refractivity contribution in [2.24, 2.45) is 0 Å². The first kappa shape index (κ1) is 15.4. The van der Waals surface area contributed by atoms with Gasteiger partial charge in [0.2, 0.25) is 0 Å². The van der Waals surface area contributed by atoms with Crippen molar-refractivity contribution in [2.75, 3.05) is 43.7 Å². The highest BCUT2D eigenvalue weighted by molar-refractivity contribution is 7.91. The van der Waals surface area contributed by atoms with E-state index in [0.717, 1.165) is 0 Å². The van der Waals surface area contributed by atoms with E-state index in [4.69, 9.17) is 9.47 Å². The van der Waals surface area contributed by atoms with Crippen LogP contribution in [0.5, 0.6) is 11.5 Å². The number of hydrogen-bond acceptors (Lipinski definition) is 6. The molecule has 0 bridgehead atoms. The number of carboxylic acid groups (broad SMARTS) is 1. The SMILES string of the molecule is COc1cc(C(=O)O)c(N2CCS(=O)(=O)CC2)cc1OC. The zero-order chi connectivity index (χ0) is 15.6. The third-order valence-corrected chi connectivity index (χ3v) is 5.03. The Morgan fingerprint density at radius 1 is 1.14 bits per heavy atom. The van der Waals surface area contributed by atoms with Crippen molar-refractivity contribution in [2.45, 2.75) is 0 Å². The van der Waals surface area contributed by atoms with Gasteiger partial charge in [-0.2, -0.15) is 0 Å². The Morgan fingerprint density at radius 2 is 1.67 bits per heavy atom. The summed E-state index contributed by atoms with van der Waals surface area (Å²) in [5.41, 5.74) is 0.502. The Labute approximate surface area is 123 Å². The maximum Gasteiger partial charge on any atom is 0.337 e. The largest absolute Gasteiger partial charge is 0.493 e. The first-order valence-corrected chi connectivity index (χ1v) is 8.15. The zero-order valence-corrected chi connectivity index (χ0v) is 12.6. The monoisotopic (exact) mass is 315 g/mol. The first-order chi connectivity index (χ1) is 9.88. The van der Waals surface area contributed by atoms with Gasteiger partial charge in [-0.25, -0.2) is 13.2 Å². The molecule has 1 aliphatic rings. The number of nitrogens with zero attached hydrogens (tertiary/aromatic N) is 1. The highest BCUT2D eigenvalue weighted by atomic mass is 32.2. The lowest BCUT2D eigenvalue weighted by Crippen LogP contribution is -2.41. The first-order valence-electron chi connectivity index (χ1n) is 6.32. The number of carboxylic acids is 1. The molecule has 0 saturated carbocycles. The molecule has 1 heterocycles. The molecule has 0 unspecified atom stereocenters. The Balaban J connectivity index is 2.44. The maximum atomic E-state index is 11.5. The van der Waals surface area contributed by atoms with Gasteiger partial charge in [0.15, 0.2) is 21.3 Å². The van der Waals surface area contributed by atoms with Gasteiger partial charge in [0, 0.05) is 25.2 Å². The molecule has 0 aliphatic carbocycles. The topological polar surface area (TPSA) is 93.1 Å². The summed E-state index contributed by atoms with van der Waals surface area (Å²) in [6.07, 6.45) is 0. The summed E-state index contributed by atoms with van der Waals surface area (Å²) < 4.78 is 33.2. The molecule has 21 heavy (non-hydrogen) atoms. The van der Waals surface area contributed by atoms with Gasteiger partial charge in [-0.3, -0.25) is 0 Å². The van der Waals surface area contributed by atoms with E-state index in [1.807, 2.05) is 0 Å². The lowest BCUT2D eigenvalue weighted by molar-refractivity contribution is 0.0697. The minimum Gasteiger partial charge on any atom is -0.493 e. The molecule has 1 aromatic rings. The van der Waals surface area contributed by atoms with E-state index in [9.17, 15) is 18.3 Å². The van der Waals surface area contributed by atoms with Crippen LogP contribution in [0, 0.1) is 0 Å². The van der Waals surface area contributed by atoms with Crippen molar-refractivity contribution in [1.82, 2.24) is 0 Å². The van der Waals surface area contributed by atoms with Gasteiger partial charge in [-0.1, -0.05) is 0 Å². The van der Waals surface area contributed by atoms with E-state index < -0.39 is 15.8 Å². The molecular formula is C13H17NO6S. The van der Waals surface area contributed by atoms with Crippen LogP contribution in [0.15, 0.2) is 12.1 Å². The van der Waals surface area contributed by atoms with Gasteiger partial charge in [-0.15, -0.1) is 0 Å². The summed E-state index contributed by atoms with van der Waals surface area (Å²) >= 11 is 0. The minimum absolute atomic E-state index is 0.0143. The normalized spacial score (nSPS) is 17.3. The highest BCUT2D eigenvalue weighted by Gasteiger charge is 2.26. The maximum absolute atomic E-state index is 11.5. The Bertz CT molecular complexity index is 641. The summed E-state index contributed by atoms with van der Waals surface area (Å²) in [4.78, 5) is 13.2. The van der Waals surface area contributed by atoms with Gasteiger partial charge in [0.1, 0.15) is 0 Å². The van der Waals surface area contributed by atoms with Crippen molar-refractivity contribution in [3.05, 3.63) is 17.7 Å². The summed E-state index contributed by atoms with van der Waals surface area (Å²) in [5, 5.41) is 9.34. The number of aromatic carboxylic acids is 1. The fraction of sp³-hybridized carbons (Fsp3) is 0.462. The van der Waals surface area contributed by atoms with E-state index >= 15 is 0 Å². The Kier molecular flexibility index (Phi) is 4.26. The van der Waals surface area contributed by atoms with Gasteiger partial charge in [0.25, 0.3) is 0 Å². The molecule has 1 aromatic carbocycles. The van der Waals surface area contributed by atoms with Crippen molar-refractivity contribution in [1.29, 1.82) is 0 Å². The summed E-state index contributed by atoms with van der Waals surface area (Å²) in [6.45, 7) is 0.524. The van der Waals surface area contributed by atoms with E-state index in [0.29, 0.717) is 17.2 Å². The molecule has 1 fully saturated rings. The predicted molar refractivity (Wildman–Crippen MR) is 77.4 cm³/mol. The van der Waals surface area contributed by atoms with Gasteiger partial charge in [-0.05, 0) is 0 Å². The molecule has 2 rings (SSSR count). The molecule has 1 N–H and O–H groups in total. The Hall–Kier alpha value is -1.96. The molecule has 0 atom stereocenters. The standard InChI is InChI=1S/C13H17NO6S/c1-19-11-7-9(13(15)16)10(8-12(11)20-2)14-3-5-21(17,18)6-4-14/h7-8H,3-6H2,1-2H3,(H,15,16). The van der Waals surface area contributed by atoms with Crippen LogP contribution in [0.2, 0.25) is 0 Å². The summed E-state index contributed by atoms with van der Waals surface area (Å²) in [6, 6.07) is 2.96. The molecule has 7 nitrogen and oxygen atoms in total. The highest BCUT2D eigenvalue weighted by Crippen LogP contribution is 2.35. The van der Waals surface area contributed by atoms with Crippen molar-refractivity contribution in [3.63, 3.8) is 0 Å². The molecule has 0 aromatic heterocycles. The minimum atomic E-state index is -3.03. The van der Waals surface area contributed by atoms with Crippen LogP contribution < -0.4 is 14.4 Å². The molecule has 0 radical (unpaired) electrons. The number of carbonyl (C=O) groups is 1. The molecule has 8 heteroatoms. The number of benzene rings is 1. The van der Waals surface area contributed by atoms with Crippen LogP contribution >= 0.6 is 0 Å². The van der Waals surface area contributed by atoms with Crippen LogP contribution in [0.4, 0.5) is 5.69 Å². The lowest BCUT2D eigenvalue weighted by atomic mass is 10.1. The number of rotatable bonds is 4. The van der Waals surface area contributed by atoms with Gasteiger partial charge in [0.05, 0.1) is 37.0 Å². The van der Waals surface area contributed by atoms with E-state index in [-0.39, 0.29) is 30.2 Å². The third kappa shape index (κ3) is 3.21. The summed E-state index contributed by atoms with van der Waals surface area (Å²) in [7, 11) is -0.142. The molecule has 1 saturated heterocycles. The fourth-order valence-corrected chi connectivity index (χ4v) is 3.46. The lowest BCUT2D eigenvalue weighted by Gasteiger charge is -2.30. The second-order valence-electron chi connectivity index (χ2n) is 4.67. The van der Waals surface area contributed by atoms with Crippen LogP contribution in [-0.2, 0) is 9.84 Å². The fourth-order valence-electron chi connectivity index (χ4n) is 2.25. The molecule has 0 spiro atoms. The number of hydrogen-bond donors (Lipinski definition) is 1.